The summed E-state index contributed by atoms with van der Waals surface area (Å²) in [6.07, 6.45) is 0. The molecule has 0 atom stereocenters. The molecule has 6 nitrogen and oxygen atoms in total. The molecule has 0 saturated carbocycles. The van der Waals surface area contributed by atoms with Crippen molar-refractivity contribution in [3.05, 3.63) is 59.5 Å². The largest absolute Gasteiger partial charge is 0.340 e. The van der Waals surface area contributed by atoms with Crippen molar-refractivity contribution in [3.8, 4) is 0 Å². The maximum atomic E-state index is 12.7. The van der Waals surface area contributed by atoms with Crippen molar-refractivity contribution in [1.29, 1.82) is 0 Å². The molecule has 0 radical (unpaired) electrons. The second-order valence-electron chi connectivity index (χ2n) is 5.98. The van der Waals surface area contributed by atoms with Gasteiger partial charge < -0.3 is 9.88 Å². The number of rotatable bonds is 3. The molecule has 0 fully saturated rings. The van der Waals surface area contributed by atoms with Gasteiger partial charge in [0.15, 0.2) is 5.69 Å². The number of hydrogen-bond donors (Lipinski definition) is 2. The fourth-order valence-electron chi connectivity index (χ4n) is 2.85. The highest BCUT2D eigenvalue weighted by Crippen LogP contribution is 2.18. The Kier molecular flexibility index (Phi) is 3.30. The lowest BCUT2D eigenvalue weighted by Gasteiger charge is -2.14. The summed E-state index contributed by atoms with van der Waals surface area (Å²) in [5.74, 6) is 0.621. The molecule has 4 rings (SSSR count). The van der Waals surface area contributed by atoms with E-state index in [1.165, 1.54) is 5.56 Å². The molecule has 0 spiro atoms. The highest BCUT2D eigenvalue weighted by molar-refractivity contribution is 6.04. The van der Waals surface area contributed by atoms with Crippen LogP contribution in [-0.4, -0.2) is 38.0 Å². The molecule has 0 bridgehead atoms. The molecule has 6 heteroatoms. The number of nitrogens with one attached hydrogen (secondary N) is 2. The highest BCUT2D eigenvalue weighted by Gasteiger charge is 2.19. The van der Waals surface area contributed by atoms with E-state index in [-0.39, 0.29) is 5.91 Å². The molecule has 2 heterocycles. The first kappa shape index (κ1) is 14.4. The maximum absolute atomic E-state index is 12.7. The number of nitrogens with zero attached hydrogens (tertiary/aromatic N) is 3. The Morgan fingerprint density at radius 1 is 1.17 bits per heavy atom. The van der Waals surface area contributed by atoms with Gasteiger partial charge in [-0.2, -0.15) is 5.10 Å². The van der Waals surface area contributed by atoms with Gasteiger partial charge in [0.2, 0.25) is 0 Å². The van der Waals surface area contributed by atoms with Crippen LogP contribution in [0.1, 0.15) is 21.9 Å². The third kappa shape index (κ3) is 2.42. The van der Waals surface area contributed by atoms with Crippen molar-refractivity contribution in [2.75, 3.05) is 7.05 Å². The van der Waals surface area contributed by atoms with Gasteiger partial charge in [0, 0.05) is 12.4 Å². The van der Waals surface area contributed by atoms with Gasteiger partial charge in [-0.15, -0.1) is 0 Å². The van der Waals surface area contributed by atoms with Crippen LogP contribution in [0.2, 0.25) is 0 Å². The number of aromatic amines is 2. The number of aryl methyl sites for hydroxylation is 1. The van der Waals surface area contributed by atoms with Gasteiger partial charge >= 0.3 is 0 Å². The van der Waals surface area contributed by atoms with Crippen LogP contribution in [0.5, 0.6) is 0 Å². The predicted octanol–water partition coefficient (Wildman–Crippen LogP) is 3.02. The first-order valence-corrected chi connectivity index (χ1v) is 7.75. The minimum atomic E-state index is -0.135. The summed E-state index contributed by atoms with van der Waals surface area (Å²) in [5.41, 5.74) is 4.34. The van der Waals surface area contributed by atoms with E-state index in [1.54, 1.807) is 11.9 Å². The third-order valence-electron chi connectivity index (χ3n) is 4.09. The smallest absolute Gasteiger partial charge is 0.275 e. The van der Waals surface area contributed by atoms with Crippen LogP contribution in [-0.2, 0) is 6.54 Å². The number of carbonyl (C=O) groups excluding carboxylic acids is 1. The number of H-pyrrole nitrogens is 2. The van der Waals surface area contributed by atoms with Crippen LogP contribution in [0, 0.1) is 6.92 Å². The first-order chi connectivity index (χ1) is 11.6. The molecule has 2 aromatic heterocycles. The average Bonchev–Trinajstić information content (AvgIpc) is 3.17. The summed E-state index contributed by atoms with van der Waals surface area (Å²) in [5, 5.41) is 7.89. The Morgan fingerprint density at radius 2 is 2.00 bits per heavy atom. The maximum Gasteiger partial charge on any atom is 0.275 e. The molecule has 0 aliphatic rings. The van der Waals surface area contributed by atoms with Gasteiger partial charge in [-0.1, -0.05) is 24.3 Å². The summed E-state index contributed by atoms with van der Waals surface area (Å²) >= 11 is 0. The number of para-hydroxylation sites is 1. The number of carbonyl (C=O) groups is 1. The monoisotopic (exact) mass is 319 g/mol. The van der Waals surface area contributed by atoms with E-state index in [9.17, 15) is 4.79 Å². The highest BCUT2D eigenvalue weighted by atomic mass is 16.2. The summed E-state index contributed by atoms with van der Waals surface area (Å²) in [6, 6.07) is 13.7. The van der Waals surface area contributed by atoms with E-state index in [1.807, 2.05) is 43.3 Å². The SMILES string of the molecule is Cc1ccc2nc(CN(C)C(=O)c3n[nH]c4ccccc34)[nH]c2c1. The van der Waals surface area contributed by atoms with Crippen molar-refractivity contribution in [3.63, 3.8) is 0 Å². The Bertz CT molecular complexity index is 1050. The molecular weight excluding hydrogens is 302 g/mol. The summed E-state index contributed by atoms with van der Waals surface area (Å²) in [6.45, 7) is 2.44. The van der Waals surface area contributed by atoms with Crippen LogP contribution >= 0.6 is 0 Å². The Hall–Kier alpha value is -3.15. The van der Waals surface area contributed by atoms with Gasteiger partial charge in [0.25, 0.3) is 5.91 Å². The topological polar surface area (TPSA) is 77.7 Å². The molecule has 0 saturated heterocycles. The van der Waals surface area contributed by atoms with Crippen molar-refractivity contribution >= 4 is 27.8 Å². The third-order valence-corrected chi connectivity index (χ3v) is 4.09. The zero-order chi connectivity index (χ0) is 16.7. The fourth-order valence-corrected chi connectivity index (χ4v) is 2.85. The van der Waals surface area contributed by atoms with Crippen LogP contribution in [0.15, 0.2) is 42.5 Å². The van der Waals surface area contributed by atoms with Crippen molar-refractivity contribution in [2.45, 2.75) is 13.5 Å². The first-order valence-electron chi connectivity index (χ1n) is 7.75. The standard InChI is InChI=1S/C18H17N5O/c1-11-7-8-14-15(9-11)20-16(19-14)10-23(2)18(24)17-12-5-3-4-6-13(12)21-22-17/h3-9H,10H2,1-2H3,(H,19,20)(H,21,22). The van der Waals surface area contributed by atoms with Gasteiger partial charge in [-0.3, -0.25) is 9.89 Å². The fraction of sp³-hybridized carbons (Fsp3) is 0.167. The van der Waals surface area contributed by atoms with Gasteiger partial charge in [-0.05, 0) is 30.7 Å². The molecule has 0 aliphatic heterocycles. The lowest BCUT2D eigenvalue weighted by Crippen LogP contribution is -2.27. The number of hydrogen-bond acceptors (Lipinski definition) is 3. The van der Waals surface area contributed by atoms with Crippen LogP contribution < -0.4 is 0 Å². The van der Waals surface area contributed by atoms with E-state index in [2.05, 4.69) is 26.2 Å². The Balaban J connectivity index is 1.60. The van der Waals surface area contributed by atoms with Crippen molar-refractivity contribution < 1.29 is 4.79 Å². The lowest BCUT2D eigenvalue weighted by atomic mass is 10.2. The van der Waals surface area contributed by atoms with E-state index in [0.29, 0.717) is 12.2 Å². The molecule has 4 aromatic rings. The molecule has 0 aliphatic carbocycles. The molecule has 120 valence electrons. The number of amides is 1. The van der Waals surface area contributed by atoms with Crippen molar-refractivity contribution in [2.24, 2.45) is 0 Å². The Labute approximate surface area is 138 Å². The Morgan fingerprint density at radius 3 is 2.88 bits per heavy atom. The van der Waals surface area contributed by atoms with Gasteiger partial charge in [0.05, 0.1) is 23.1 Å². The summed E-state index contributed by atoms with van der Waals surface area (Å²) in [7, 11) is 1.75. The van der Waals surface area contributed by atoms with Gasteiger partial charge in [-0.25, -0.2) is 4.98 Å². The zero-order valence-electron chi connectivity index (χ0n) is 13.5. The molecule has 24 heavy (non-hydrogen) atoms. The van der Waals surface area contributed by atoms with Gasteiger partial charge in [0.1, 0.15) is 5.82 Å². The van der Waals surface area contributed by atoms with E-state index >= 15 is 0 Å². The van der Waals surface area contributed by atoms with Crippen LogP contribution in [0.25, 0.3) is 21.9 Å². The summed E-state index contributed by atoms with van der Waals surface area (Å²) in [4.78, 5) is 22.1. The zero-order valence-corrected chi connectivity index (χ0v) is 13.5. The average molecular weight is 319 g/mol. The molecule has 0 unspecified atom stereocenters. The summed E-state index contributed by atoms with van der Waals surface area (Å²) < 4.78 is 0. The predicted molar refractivity (Wildman–Crippen MR) is 92.7 cm³/mol. The second-order valence-corrected chi connectivity index (χ2v) is 5.98. The number of aromatic nitrogens is 4. The second kappa shape index (κ2) is 5.49. The van der Waals surface area contributed by atoms with Crippen LogP contribution in [0.4, 0.5) is 0 Å². The number of fused-ring (bicyclic) bond motifs is 2. The van der Waals surface area contributed by atoms with E-state index < -0.39 is 0 Å². The normalized spacial score (nSPS) is 11.2. The molecule has 2 N–H and O–H groups in total. The molecule has 2 aromatic carbocycles. The van der Waals surface area contributed by atoms with E-state index in [0.717, 1.165) is 27.8 Å². The van der Waals surface area contributed by atoms with Crippen LogP contribution in [0.3, 0.4) is 0 Å². The molecular formula is C18H17N5O. The van der Waals surface area contributed by atoms with Crippen molar-refractivity contribution in [1.82, 2.24) is 25.1 Å². The molecule has 1 amide bonds. The minimum Gasteiger partial charge on any atom is -0.340 e. The van der Waals surface area contributed by atoms with E-state index in [4.69, 9.17) is 0 Å². The number of benzene rings is 2. The minimum absolute atomic E-state index is 0.135. The quantitative estimate of drug-likeness (QED) is 0.609. The lowest BCUT2D eigenvalue weighted by molar-refractivity contribution is 0.0778. The number of imidazole rings is 1.